The summed E-state index contributed by atoms with van der Waals surface area (Å²) in [6.07, 6.45) is 0. The van der Waals surface area contributed by atoms with Crippen molar-refractivity contribution >= 4 is 7.82 Å². The van der Waals surface area contributed by atoms with E-state index in [1.54, 1.807) is 0 Å². The van der Waals surface area contributed by atoms with E-state index in [9.17, 15) is 0 Å². The van der Waals surface area contributed by atoms with Crippen LogP contribution in [0, 0.1) is 7.43 Å². The van der Waals surface area contributed by atoms with Gasteiger partial charge in [-0.25, -0.2) is 4.57 Å². The summed E-state index contributed by atoms with van der Waals surface area (Å²) in [5.41, 5.74) is 0. The summed E-state index contributed by atoms with van der Waals surface area (Å²) >= 11 is 0. The second-order valence-electron chi connectivity index (χ2n) is 0.513. The SMILES string of the molecule is O=P(O)(O)O.[CH3-].[H-].[Na+].[Na+]. The van der Waals surface area contributed by atoms with Crippen molar-refractivity contribution in [3.05, 3.63) is 7.43 Å². The van der Waals surface area contributed by atoms with E-state index in [1.165, 1.54) is 0 Å². The van der Waals surface area contributed by atoms with E-state index in [2.05, 4.69) is 0 Å². The van der Waals surface area contributed by atoms with Crippen molar-refractivity contribution in [3.8, 4) is 0 Å². The molecule has 0 rings (SSSR count). The molecular formula is CH7Na2O4P. The molecule has 0 fully saturated rings. The van der Waals surface area contributed by atoms with Gasteiger partial charge in [-0.05, 0) is 0 Å². The Morgan fingerprint density at radius 2 is 1.12 bits per heavy atom. The van der Waals surface area contributed by atoms with Crippen LogP contribution in [0.25, 0.3) is 0 Å². The minimum atomic E-state index is -4.64. The van der Waals surface area contributed by atoms with Gasteiger partial charge in [0.25, 0.3) is 0 Å². The molecule has 7 heteroatoms. The van der Waals surface area contributed by atoms with E-state index in [0.717, 1.165) is 0 Å². The molecule has 0 aliphatic carbocycles. The molecule has 0 aliphatic heterocycles. The number of hydrogen-bond donors (Lipinski definition) is 3. The minimum Gasteiger partial charge on any atom is -1.00 e. The topological polar surface area (TPSA) is 77.8 Å². The molecule has 4 nitrogen and oxygen atoms in total. The summed E-state index contributed by atoms with van der Waals surface area (Å²) < 4.78 is 8.88. The van der Waals surface area contributed by atoms with Crippen molar-refractivity contribution in [2.75, 3.05) is 0 Å². The molecule has 0 aromatic rings. The van der Waals surface area contributed by atoms with Gasteiger partial charge in [0.15, 0.2) is 0 Å². The van der Waals surface area contributed by atoms with Gasteiger partial charge >= 0.3 is 66.9 Å². The zero-order valence-electron chi connectivity index (χ0n) is 6.20. The van der Waals surface area contributed by atoms with Crippen molar-refractivity contribution in [1.29, 1.82) is 0 Å². The fraction of sp³-hybridized carbons (Fsp3) is 0. The second-order valence-corrected chi connectivity index (χ2v) is 1.54. The summed E-state index contributed by atoms with van der Waals surface area (Å²) in [4.78, 5) is 21.6. The fourth-order valence-electron chi connectivity index (χ4n) is 0. The Bertz CT molecular complexity index is 64.7. The fourth-order valence-corrected chi connectivity index (χ4v) is 0. The first-order valence-electron chi connectivity index (χ1n) is 0.783. The predicted octanol–water partition coefficient (Wildman–Crippen LogP) is -6.36. The largest absolute Gasteiger partial charge is 1.00 e. The van der Waals surface area contributed by atoms with Crippen molar-refractivity contribution < 1.29 is 79.8 Å². The van der Waals surface area contributed by atoms with Crippen LogP contribution in [0.4, 0.5) is 0 Å². The monoisotopic (exact) mass is 160 g/mol. The molecule has 0 unspecified atom stereocenters. The molecule has 0 aromatic heterocycles. The van der Waals surface area contributed by atoms with Crippen LogP contribution >= 0.6 is 7.82 Å². The van der Waals surface area contributed by atoms with Gasteiger partial charge in [-0.1, -0.05) is 0 Å². The Balaban J connectivity index is -0.0000000133. The van der Waals surface area contributed by atoms with E-state index in [1.807, 2.05) is 0 Å². The average Bonchev–Trinajstić information content (AvgIpc) is 0.722. The number of rotatable bonds is 0. The third-order valence-corrected chi connectivity index (χ3v) is 0. The van der Waals surface area contributed by atoms with E-state index in [-0.39, 0.29) is 68.0 Å². The van der Waals surface area contributed by atoms with Crippen LogP contribution in [-0.2, 0) is 4.57 Å². The van der Waals surface area contributed by atoms with Crippen molar-refractivity contribution in [3.63, 3.8) is 0 Å². The summed E-state index contributed by atoms with van der Waals surface area (Å²) in [5.74, 6) is 0. The molecule has 0 spiro atoms. The molecule has 0 amide bonds. The van der Waals surface area contributed by atoms with Crippen LogP contribution in [-0.4, -0.2) is 14.7 Å². The number of hydrogen-bond acceptors (Lipinski definition) is 1. The average molecular weight is 160 g/mol. The van der Waals surface area contributed by atoms with Gasteiger partial charge < -0.3 is 23.5 Å². The summed E-state index contributed by atoms with van der Waals surface area (Å²) in [6.45, 7) is 0. The Labute approximate surface area is 94.0 Å². The molecular weight excluding hydrogens is 153 g/mol. The van der Waals surface area contributed by atoms with Gasteiger partial charge in [0, 0.05) is 0 Å². The summed E-state index contributed by atoms with van der Waals surface area (Å²) in [7, 11) is -4.64. The van der Waals surface area contributed by atoms with Crippen molar-refractivity contribution in [2.45, 2.75) is 0 Å². The number of phosphoric acid groups is 1. The van der Waals surface area contributed by atoms with Crippen molar-refractivity contribution in [1.82, 2.24) is 0 Å². The first kappa shape index (κ1) is 22.5. The molecule has 8 heavy (non-hydrogen) atoms. The maximum Gasteiger partial charge on any atom is 1.00 e. The van der Waals surface area contributed by atoms with Gasteiger partial charge in [-0.2, -0.15) is 0 Å². The minimum absolute atomic E-state index is 0. The standard InChI is InChI=1S/CH3.2Na.H3O4P.H/c;;;1-5(2,3)4;/h1H3;;;(H3,1,2,3,4);/q-1;2*+1;;-1. The van der Waals surface area contributed by atoms with Crippen molar-refractivity contribution in [2.24, 2.45) is 0 Å². The first-order valence-corrected chi connectivity index (χ1v) is 2.35. The molecule has 0 atom stereocenters. The van der Waals surface area contributed by atoms with Gasteiger partial charge in [-0.15, -0.1) is 0 Å². The van der Waals surface area contributed by atoms with Crippen LogP contribution in [0.1, 0.15) is 1.43 Å². The first-order chi connectivity index (χ1) is 2.00. The third-order valence-electron chi connectivity index (χ3n) is 0. The molecule has 0 saturated heterocycles. The van der Waals surface area contributed by atoms with E-state index < -0.39 is 7.82 Å². The van der Waals surface area contributed by atoms with Gasteiger partial charge in [0.2, 0.25) is 0 Å². The van der Waals surface area contributed by atoms with E-state index in [4.69, 9.17) is 19.2 Å². The zero-order chi connectivity index (χ0) is 4.50. The summed E-state index contributed by atoms with van der Waals surface area (Å²) in [6, 6.07) is 0. The van der Waals surface area contributed by atoms with Gasteiger partial charge in [-0.3, -0.25) is 0 Å². The molecule has 42 valence electrons. The van der Waals surface area contributed by atoms with Crippen LogP contribution in [0.3, 0.4) is 0 Å². The third kappa shape index (κ3) is 92.1. The van der Waals surface area contributed by atoms with Gasteiger partial charge in [0.05, 0.1) is 0 Å². The Morgan fingerprint density at radius 1 is 1.12 bits per heavy atom. The van der Waals surface area contributed by atoms with Crippen LogP contribution < -0.4 is 59.1 Å². The quantitative estimate of drug-likeness (QED) is 0.187. The van der Waals surface area contributed by atoms with Crippen LogP contribution in [0.15, 0.2) is 0 Å². The van der Waals surface area contributed by atoms with Gasteiger partial charge in [0.1, 0.15) is 0 Å². The zero-order valence-corrected chi connectivity index (χ0v) is 10.1. The second kappa shape index (κ2) is 9.11. The Morgan fingerprint density at radius 3 is 1.12 bits per heavy atom. The Kier molecular flexibility index (Phi) is 25.6. The molecule has 0 bridgehead atoms. The maximum absolute atomic E-state index is 8.88. The molecule has 3 N–H and O–H groups in total. The molecule has 0 saturated carbocycles. The normalized spacial score (nSPS) is 7.38. The smallest absolute Gasteiger partial charge is 1.00 e. The molecule has 0 aromatic carbocycles. The molecule has 0 radical (unpaired) electrons. The Hall–Kier alpha value is 2.11. The molecule has 0 aliphatic rings. The summed E-state index contributed by atoms with van der Waals surface area (Å²) in [5, 5.41) is 0. The predicted molar refractivity (Wildman–Crippen MR) is 21.8 cm³/mol. The van der Waals surface area contributed by atoms with Crippen LogP contribution in [0.2, 0.25) is 0 Å². The molecule has 0 heterocycles. The van der Waals surface area contributed by atoms with E-state index >= 15 is 0 Å². The maximum atomic E-state index is 8.88. The van der Waals surface area contributed by atoms with Crippen LogP contribution in [0.5, 0.6) is 0 Å². The van der Waals surface area contributed by atoms with E-state index in [0.29, 0.717) is 0 Å².